The van der Waals surface area contributed by atoms with E-state index in [0.717, 1.165) is 46.6 Å². The number of halogens is 1. The highest BCUT2D eigenvalue weighted by Gasteiger charge is 2.21. The lowest BCUT2D eigenvalue weighted by Crippen LogP contribution is -2.40. The lowest BCUT2D eigenvalue weighted by Gasteiger charge is -2.23. The smallest absolute Gasteiger partial charge is 0.253 e. The second kappa shape index (κ2) is 6.89. The molecule has 4 nitrogen and oxygen atoms in total. The lowest BCUT2D eigenvalue weighted by molar-refractivity contribution is 0.0624. The number of carbonyl (C=O) groups excluding carboxylic acids is 1. The number of rotatable bonds is 3. The molecule has 1 unspecified atom stereocenters. The first-order chi connectivity index (χ1) is 11.1. The molecule has 122 valence electrons. The molecule has 1 amide bonds. The third kappa shape index (κ3) is 3.51. The van der Waals surface area contributed by atoms with Gasteiger partial charge in [-0.3, -0.25) is 4.79 Å². The molecule has 5 heteroatoms. The summed E-state index contributed by atoms with van der Waals surface area (Å²) in [6.07, 6.45) is 1.99. The van der Waals surface area contributed by atoms with Crippen molar-refractivity contribution in [3.05, 3.63) is 51.8 Å². The van der Waals surface area contributed by atoms with Crippen molar-refractivity contribution in [1.29, 1.82) is 0 Å². The number of carbonyl (C=O) groups is 1. The summed E-state index contributed by atoms with van der Waals surface area (Å²) >= 11 is 3.45. The van der Waals surface area contributed by atoms with Crippen LogP contribution < -0.4 is 5.32 Å². The van der Waals surface area contributed by atoms with Crippen molar-refractivity contribution in [2.75, 3.05) is 13.2 Å². The molecule has 0 saturated carbocycles. The zero-order valence-corrected chi connectivity index (χ0v) is 15.0. The van der Waals surface area contributed by atoms with E-state index in [0.29, 0.717) is 6.61 Å². The summed E-state index contributed by atoms with van der Waals surface area (Å²) in [4.78, 5) is 12.6. The van der Waals surface area contributed by atoms with Crippen LogP contribution in [0.15, 0.2) is 34.8 Å². The normalized spacial score (nSPS) is 18.0. The van der Waals surface area contributed by atoms with Crippen LogP contribution in [-0.4, -0.2) is 29.7 Å². The number of aromatic nitrogens is 1. The monoisotopic (exact) mass is 376 g/mol. The summed E-state index contributed by atoms with van der Waals surface area (Å²) in [5.41, 5.74) is 3.80. The van der Waals surface area contributed by atoms with Crippen molar-refractivity contribution in [3.63, 3.8) is 0 Å². The van der Waals surface area contributed by atoms with Crippen LogP contribution in [0.3, 0.4) is 0 Å². The van der Waals surface area contributed by atoms with Crippen molar-refractivity contribution in [2.45, 2.75) is 32.7 Å². The zero-order valence-electron chi connectivity index (χ0n) is 13.4. The molecular weight excluding hydrogens is 356 g/mol. The molecule has 1 aliphatic heterocycles. The van der Waals surface area contributed by atoms with E-state index in [4.69, 9.17) is 4.74 Å². The van der Waals surface area contributed by atoms with Gasteiger partial charge < -0.3 is 14.6 Å². The summed E-state index contributed by atoms with van der Waals surface area (Å²) in [5, 5.41) is 3.09. The molecule has 3 rings (SSSR count). The Morgan fingerprint density at radius 3 is 2.70 bits per heavy atom. The highest BCUT2D eigenvalue weighted by molar-refractivity contribution is 9.10. The first kappa shape index (κ1) is 16.3. The topological polar surface area (TPSA) is 43.3 Å². The van der Waals surface area contributed by atoms with Crippen LogP contribution in [0, 0.1) is 13.8 Å². The van der Waals surface area contributed by atoms with Gasteiger partial charge in [0.25, 0.3) is 5.91 Å². The molecule has 1 aromatic carbocycles. The molecule has 23 heavy (non-hydrogen) atoms. The highest BCUT2D eigenvalue weighted by Crippen LogP contribution is 2.22. The molecule has 2 aromatic rings. The van der Waals surface area contributed by atoms with Gasteiger partial charge in [-0.2, -0.15) is 0 Å². The van der Waals surface area contributed by atoms with Crippen molar-refractivity contribution in [3.8, 4) is 5.69 Å². The molecule has 2 heterocycles. The third-order valence-electron chi connectivity index (χ3n) is 4.26. The van der Waals surface area contributed by atoms with E-state index in [9.17, 15) is 4.79 Å². The fraction of sp³-hybridized carbons (Fsp3) is 0.389. The number of hydrogen-bond acceptors (Lipinski definition) is 2. The standard InChI is InChI=1S/C18H21BrN2O2/c1-12-10-17(18(22)20-15-4-3-9-23-11-15)13(2)21(12)16-7-5-14(19)6-8-16/h5-8,10,15H,3-4,9,11H2,1-2H3,(H,20,22). The molecule has 1 aromatic heterocycles. The predicted octanol–water partition coefficient (Wildman–Crippen LogP) is 3.77. The third-order valence-corrected chi connectivity index (χ3v) is 4.78. The van der Waals surface area contributed by atoms with Crippen molar-refractivity contribution >= 4 is 21.8 Å². The van der Waals surface area contributed by atoms with Gasteiger partial charge in [0.05, 0.1) is 18.2 Å². The SMILES string of the molecule is Cc1cc(C(=O)NC2CCCOC2)c(C)n1-c1ccc(Br)cc1. The highest BCUT2D eigenvalue weighted by atomic mass is 79.9. The molecule has 1 N–H and O–H groups in total. The number of amides is 1. The average Bonchev–Trinajstić information content (AvgIpc) is 2.84. The molecule has 1 aliphatic rings. The van der Waals surface area contributed by atoms with E-state index in [1.165, 1.54) is 0 Å². The number of hydrogen-bond donors (Lipinski definition) is 1. The number of ether oxygens (including phenoxy) is 1. The van der Waals surface area contributed by atoms with Gasteiger partial charge in [-0.05, 0) is 57.0 Å². The Kier molecular flexibility index (Phi) is 4.87. The Balaban J connectivity index is 1.85. The van der Waals surface area contributed by atoms with E-state index in [-0.39, 0.29) is 11.9 Å². The summed E-state index contributed by atoms with van der Waals surface area (Å²) in [6.45, 7) is 5.42. The number of benzene rings is 1. The van der Waals surface area contributed by atoms with Crippen LogP contribution in [0.1, 0.15) is 34.6 Å². The quantitative estimate of drug-likeness (QED) is 0.885. The molecule has 1 atom stereocenters. The summed E-state index contributed by atoms with van der Waals surface area (Å²) in [6, 6.07) is 10.2. The molecule has 1 saturated heterocycles. The van der Waals surface area contributed by atoms with Crippen LogP contribution >= 0.6 is 15.9 Å². The van der Waals surface area contributed by atoms with E-state index >= 15 is 0 Å². The van der Waals surface area contributed by atoms with E-state index in [2.05, 4.69) is 25.8 Å². The number of aryl methyl sites for hydroxylation is 1. The molecule has 1 fully saturated rings. The van der Waals surface area contributed by atoms with E-state index in [1.54, 1.807) is 0 Å². The molecule has 0 bridgehead atoms. The van der Waals surface area contributed by atoms with Crippen LogP contribution in [-0.2, 0) is 4.74 Å². The van der Waals surface area contributed by atoms with Gasteiger partial charge in [-0.25, -0.2) is 0 Å². The van der Waals surface area contributed by atoms with Crippen LogP contribution in [0.2, 0.25) is 0 Å². The lowest BCUT2D eigenvalue weighted by atomic mass is 10.1. The Morgan fingerprint density at radius 2 is 2.04 bits per heavy atom. The maximum Gasteiger partial charge on any atom is 0.253 e. The minimum absolute atomic E-state index is 0.0167. The Labute approximate surface area is 145 Å². The predicted molar refractivity (Wildman–Crippen MR) is 94.3 cm³/mol. The van der Waals surface area contributed by atoms with Crippen LogP contribution in [0.5, 0.6) is 0 Å². The van der Waals surface area contributed by atoms with Gasteiger partial charge in [-0.15, -0.1) is 0 Å². The zero-order chi connectivity index (χ0) is 16.4. The van der Waals surface area contributed by atoms with Gasteiger partial charge in [0.2, 0.25) is 0 Å². The van der Waals surface area contributed by atoms with E-state index < -0.39 is 0 Å². The Morgan fingerprint density at radius 1 is 1.30 bits per heavy atom. The van der Waals surface area contributed by atoms with Crippen molar-refractivity contribution in [2.24, 2.45) is 0 Å². The molecule has 0 radical (unpaired) electrons. The average molecular weight is 377 g/mol. The maximum atomic E-state index is 12.6. The first-order valence-electron chi connectivity index (χ1n) is 7.90. The number of nitrogens with zero attached hydrogens (tertiary/aromatic N) is 1. The van der Waals surface area contributed by atoms with Crippen molar-refractivity contribution in [1.82, 2.24) is 9.88 Å². The number of nitrogens with one attached hydrogen (secondary N) is 1. The first-order valence-corrected chi connectivity index (χ1v) is 8.69. The second-order valence-corrected chi connectivity index (χ2v) is 6.90. The summed E-state index contributed by atoms with van der Waals surface area (Å²) in [5.74, 6) is -0.0167. The summed E-state index contributed by atoms with van der Waals surface area (Å²) in [7, 11) is 0. The Hall–Kier alpha value is -1.59. The Bertz CT molecular complexity index is 701. The maximum absolute atomic E-state index is 12.6. The fourth-order valence-corrected chi connectivity index (χ4v) is 3.36. The van der Waals surface area contributed by atoms with Gasteiger partial charge in [0.15, 0.2) is 0 Å². The second-order valence-electron chi connectivity index (χ2n) is 5.98. The molecule has 0 aliphatic carbocycles. The fourth-order valence-electron chi connectivity index (χ4n) is 3.10. The van der Waals surface area contributed by atoms with Gasteiger partial charge >= 0.3 is 0 Å². The van der Waals surface area contributed by atoms with Gasteiger partial charge in [0.1, 0.15) is 0 Å². The minimum Gasteiger partial charge on any atom is -0.379 e. The van der Waals surface area contributed by atoms with Gasteiger partial charge in [-0.1, -0.05) is 15.9 Å². The van der Waals surface area contributed by atoms with Crippen molar-refractivity contribution < 1.29 is 9.53 Å². The largest absolute Gasteiger partial charge is 0.379 e. The van der Waals surface area contributed by atoms with Crippen LogP contribution in [0.4, 0.5) is 0 Å². The minimum atomic E-state index is -0.0167. The molecular formula is C18H21BrN2O2. The van der Waals surface area contributed by atoms with Gasteiger partial charge in [0, 0.05) is 28.2 Å². The summed E-state index contributed by atoms with van der Waals surface area (Å²) < 4.78 is 8.58. The molecule has 0 spiro atoms. The van der Waals surface area contributed by atoms with E-state index in [1.807, 2.05) is 44.2 Å². The van der Waals surface area contributed by atoms with Crippen LogP contribution in [0.25, 0.3) is 5.69 Å².